The number of hydrogen-bond donors (Lipinski definition) is 0. The summed E-state index contributed by atoms with van der Waals surface area (Å²) in [5, 5.41) is 1.72. The summed E-state index contributed by atoms with van der Waals surface area (Å²) in [6.45, 7) is 0.250. The molecule has 0 saturated heterocycles. The number of rotatable bonds is 6. The Bertz CT molecular complexity index is 1380. The maximum absolute atomic E-state index is 13.3. The van der Waals surface area contributed by atoms with Gasteiger partial charge in [-0.25, -0.2) is 9.78 Å². The van der Waals surface area contributed by atoms with Gasteiger partial charge in [-0.05, 0) is 72.9 Å². The monoisotopic (exact) mass is 493 g/mol. The van der Waals surface area contributed by atoms with Crippen LogP contribution in [-0.4, -0.2) is 24.2 Å². The van der Waals surface area contributed by atoms with E-state index in [4.69, 9.17) is 42.1 Å². The van der Waals surface area contributed by atoms with Crippen molar-refractivity contribution in [3.8, 4) is 5.75 Å². The number of nitrogens with zero attached hydrogens (tertiary/aromatic N) is 1. The number of halogens is 2. The molecule has 2 aromatic carbocycles. The summed E-state index contributed by atoms with van der Waals surface area (Å²) in [5.41, 5.74) is 4.11. The normalized spacial score (nSPS) is 14.2. The first kappa shape index (κ1) is 22.5. The third-order valence-electron chi connectivity index (χ3n) is 5.70. The van der Waals surface area contributed by atoms with Crippen LogP contribution >= 0.6 is 23.2 Å². The van der Waals surface area contributed by atoms with Gasteiger partial charge in [0.1, 0.15) is 24.7 Å². The fraction of sp³-hybridized carbons (Fsp3) is 0.185. The van der Waals surface area contributed by atoms with Crippen LogP contribution in [0.3, 0.4) is 0 Å². The number of fused-ring (bicyclic) bond motifs is 2. The van der Waals surface area contributed by atoms with E-state index in [1.807, 2.05) is 42.5 Å². The summed E-state index contributed by atoms with van der Waals surface area (Å²) >= 11 is 12.1. The van der Waals surface area contributed by atoms with Crippen molar-refractivity contribution in [1.29, 1.82) is 0 Å². The van der Waals surface area contributed by atoms with Crippen molar-refractivity contribution in [2.45, 2.75) is 19.3 Å². The number of aromatic nitrogens is 1. The minimum absolute atomic E-state index is 0.0817. The fourth-order valence-corrected chi connectivity index (χ4v) is 4.67. The Morgan fingerprint density at radius 3 is 2.76 bits per heavy atom. The highest BCUT2D eigenvalue weighted by Crippen LogP contribution is 2.36. The number of benzene rings is 2. The molecule has 0 radical (unpaired) electrons. The molecule has 0 spiro atoms. The molecule has 0 fully saturated rings. The molecule has 5 rings (SSSR count). The standard InChI is InChI=1S/C27H21Cl2NO4/c28-18-10-11-24(22(29)16-18)33-13-14-34-27(31)25-20-7-1-2-9-23(20)30-26-17(5-3-8-21(25)26)15-19-6-4-12-32-19/h1-2,4,6-7,9-12,15-16H,3,5,8,13-14H2. The summed E-state index contributed by atoms with van der Waals surface area (Å²) in [5.74, 6) is 0.862. The van der Waals surface area contributed by atoms with Crippen molar-refractivity contribution in [3.05, 3.63) is 93.5 Å². The van der Waals surface area contributed by atoms with Crippen molar-refractivity contribution in [3.63, 3.8) is 0 Å². The number of ether oxygens (including phenoxy) is 2. The molecule has 0 aliphatic heterocycles. The van der Waals surface area contributed by atoms with E-state index < -0.39 is 0 Å². The molecule has 1 aliphatic carbocycles. The smallest absolute Gasteiger partial charge is 0.339 e. The zero-order chi connectivity index (χ0) is 23.5. The van der Waals surface area contributed by atoms with Crippen molar-refractivity contribution in [2.24, 2.45) is 0 Å². The fourth-order valence-electron chi connectivity index (χ4n) is 4.20. The molecule has 2 aromatic heterocycles. The molecule has 0 N–H and O–H groups in total. The van der Waals surface area contributed by atoms with Crippen LogP contribution in [-0.2, 0) is 11.2 Å². The molecule has 0 atom stereocenters. The summed E-state index contributed by atoms with van der Waals surface area (Å²) in [6.07, 6.45) is 6.18. The lowest BCUT2D eigenvalue weighted by Crippen LogP contribution is -2.17. The summed E-state index contributed by atoms with van der Waals surface area (Å²) in [7, 11) is 0. The largest absolute Gasteiger partial charge is 0.488 e. The Hall–Kier alpha value is -3.28. The number of hydrogen-bond acceptors (Lipinski definition) is 5. The van der Waals surface area contributed by atoms with Crippen LogP contribution in [0.1, 0.15) is 40.2 Å². The van der Waals surface area contributed by atoms with Crippen molar-refractivity contribution >= 4 is 51.7 Å². The van der Waals surface area contributed by atoms with Crippen molar-refractivity contribution < 1.29 is 18.7 Å². The van der Waals surface area contributed by atoms with E-state index in [-0.39, 0.29) is 19.2 Å². The number of esters is 1. The van der Waals surface area contributed by atoms with Crippen LogP contribution in [0.4, 0.5) is 0 Å². The molecule has 4 aromatic rings. The van der Waals surface area contributed by atoms with Gasteiger partial charge in [0, 0.05) is 10.4 Å². The van der Waals surface area contributed by atoms with E-state index in [9.17, 15) is 4.79 Å². The van der Waals surface area contributed by atoms with Gasteiger partial charge in [0.05, 0.1) is 28.1 Å². The van der Waals surface area contributed by atoms with Crippen LogP contribution in [0.2, 0.25) is 10.0 Å². The van der Waals surface area contributed by atoms with Crippen LogP contribution in [0.25, 0.3) is 22.6 Å². The summed E-state index contributed by atoms with van der Waals surface area (Å²) in [6, 6.07) is 16.4. The number of carbonyl (C=O) groups is 1. The molecule has 2 heterocycles. The minimum atomic E-state index is -0.389. The Labute approximate surface area is 206 Å². The number of furan rings is 1. The number of carbonyl (C=O) groups excluding carboxylic acids is 1. The molecular weight excluding hydrogens is 473 g/mol. The van der Waals surface area contributed by atoms with Gasteiger partial charge in [-0.1, -0.05) is 41.4 Å². The maximum Gasteiger partial charge on any atom is 0.339 e. The first-order chi connectivity index (χ1) is 16.6. The van der Waals surface area contributed by atoms with Crippen LogP contribution in [0.5, 0.6) is 5.75 Å². The van der Waals surface area contributed by atoms with E-state index in [1.54, 1.807) is 24.5 Å². The molecule has 34 heavy (non-hydrogen) atoms. The molecule has 172 valence electrons. The Kier molecular flexibility index (Phi) is 6.57. The highest BCUT2D eigenvalue weighted by atomic mass is 35.5. The Balaban J connectivity index is 1.41. The van der Waals surface area contributed by atoms with Crippen LogP contribution in [0.15, 0.2) is 65.3 Å². The van der Waals surface area contributed by atoms with E-state index in [0.717, 1.165) is 52.8 Å². The number of pyridine rings is 1. The highest BCUT2D eigenvalue weighted by Gasteiger charge is 2.26. The lowest BCUT2D eigenvalue weighted by molar-refractivity contribution is 0.0451. The second-order valence-corrected chi connectivity index (χ2v) is 8.77. The van der Waals surface area contributed by atoms with Gasteiger partial charge in [0.2, 0.25) is 0 Å². The zero-order valence-electron chi connectivity index (χ0n) is 18.2. The minimum Gasteiger partial charge on any atom is -0.488 e. The second-order valence-electron chi connectivity index (χ2n) is 7.93. The van der Waals surface area contributed by atoms with Crippen molar-refractivity contribution in [2.75, 3.05) is 13.2 Å². The maximum atomic E-state index is 13.3. The predicted molar refractivity (Wildman–Crippen MR) is 133 cm³/mol. The first-order valence-electron chi connectivity index (χ1n) is 11.0. The van der Waals surface area contributed by atoms with Crippen molar-refractivity contribution in [1.82, 2.24) is 4.98 Å². The van der Waals surface area contributed by atoms with E-state index in [1.165, 1.54) is 0 Å². The molecule has 0 saturated carbocycles. The Morgan fingerprint density at radius 1 is 1.06 bits per heavy atom. The summed E-state index contributed by atoms with van der Waals surface area (Å²) < 4.78 is 16.8. The third kappa shape index (κ3) is 4.67. The molecular formula is C27H21Cl2NO4. The highest BCUT2D eigenvalue weighted by molar-refractivity contribution is 6.35. The lowest BCUT2D eigenvalue weighted by atomic mass is 9.86. The molecule has 1 aliphatic rings. The molecule has 0 bridgehead atoms. The van der Waals surface area contributed by atoms with E-state index in [2.05, 4.69) is 0 Å². The van der Waals surface area contributed by atoms with E-state index >= 15 is 0 Å². The molecule has 5 nitrogen and oxygen atoms in total. The zero-order valence-corrected chi connectivity index (χ0v) is 19.7. The molecule has 0 unspecified atom stereocenters. The van der Waals surface area contributed by atoms with Gasteiger partial charge < -0.3 is 13.9 Å². The van der Waals surface area contributed by atoms with Gasteiger partial charge in [-0.2, -0.15) is 0 Å². The topological polar surface area (TPSA) is 61.6 Å². The lowest BCUT2D eigenvalue weighted by Gasteiger charge is -2.22. The average molecular weight is 494 g/mol. The number of allylic oxidation sites excluding steroid dienone is 1. The third-order valence-corrected chi connectivity index (χ3v) is 6.23. The molecule has 0 amide bonds. The Morgan fingerprint density at radius 2 is 1.94 bits per heavy atom. The second kappa shape index (κ2) is 9.92. The quantitative estimate of drug-likeness (QED) is 0.209. The van der Waals surface area contributed by atoms with Gasteiger partial charge >= 0.3 is 5.97 Å². The van der Waals surface area contributed by atoms with Gasteiger partial charge in [0.15, 0.2) is 0 Å². The van der Waals surface area contributed by atoms with E-state index in [0.29, 0.717) is 21.4 Å². The van der Waals surface area contributed by atoms with Gasteiger partial charge in [-0.15, -0.1) is 0 Å². The first-order valence-corrected chi connectivity index (χ1v) is 11.8. The summed E-state index contributed by atoms with van der Waals surface area (Å²) in [4.78, 5) is 18.2. The predicted octanol–water partition coefficient (Wildman–Crippen LogP) is 7.25. The van der Waals surface area contributed by atoms with Gasteiger partial charge in [0.25, 0.3) is 0 Å². The van der Waals surface area contributed by atoms with Crippen LogP contribution < -0.4 is 4.74 Å². The average Bonchev–Trinajstić information content (AvgIpc) is 3.35. The number of para-hydroxylation sites is 1. The van der Waals surface area contributed by atoms with Gasteiger partial charge in [-0.3, -0.25) is 0 Å². The molecule has 7 heteroatoms. The SMILES string of the molecule is O=C(OCCOc1ccc(Cl)cc1Cl)c1c2c(nc3ccccc13)C(=Cc1ccco1)CCC2. The van der Waals surface area contributed by atoms with Crippen LogP contribution in [0, 0.1) is 0 Å².